The van der Waals surface area contributed by atoms with Crippen LogP contribution in [0.25, 0.3) is 11.0 Å². The van der Waals surface area contributed by atoms with Crippen LogP contribution in [0.3, 0.4) is 0 Å². The molecule has 1 aliphatic heterocycles. The topological polar surface area (TPSA) is 75.4 Å². The summed E-state index contributed by atoms with van der Waals surface area (Å²) in [7, 11) is 1.73. The molecule has 2 heterocycles. The molecule has 1 aromatic heterocycles. The van der Waals surface area contributed by atoms with Crippen molar-refractivity contribution in [2.24, 2.45) is 13.0 Å². The van der Waals surface area contributed by atoms with Crippen LogP contribution in [-0.4, -0.2) is 33.7 Å². The summed E-state index contributed by atoms with van der Waals surface area (Å²) >= 11 is 0. The molecule has 1 N–H and O–H groups in total. The average Bonchev–Trinajstić information content (AvgIpc) is 2.38. The van der Waals surface area contributed by atoms with Crippen LogP contribution in [0.2, 0.25) is 0 Å². The van der Waals surface area contributed by atoms with Crippen molar-refractivity contribution in [3.63, 3.8) is 0 Å². The maximum absolute atomic E-state index is 12.3. The Morgan fingerprint density at radius 1 is 1.40 bits per heavy atom. The van der Waals surface area contributed by atoms with Crippen LogP contribution in [0.1, 0.15) is 6.42 Å². The number of aromatic nitrogens is 2. The summed E-state index contributed by atoms with van der Waals surface area (Å²) < 4.78 is 1.59. The third-order valence-electron chi connectivity index (χ3n) is 3.69. The molecule has 1 saturated heterocycles. The molecule has 6 heteroatoms. The van der Waals surface area contributed by atoms with Gasteiger partial charge in [-0.25, -0.2) is 4.98 Å². The van der Waals surface area contributed by atoms with Gasteiger partial charge in [-0.3, -0.25) is 9.59 Å². The van der Waals surface area contributed by atoms with Crippen molar-refractivity contribution in [3.8, 4) is 0 Å². The molecule has 2 aromatic rings. The lowest BCUT2D eigenvalue weighted by atomic mass is 9.96. The number of hydrogen-bond donors (Lipinski definition) is 1. The highest BCUT2D eigenvalue weighted by Gasteiger charge is 2.31. The minimum Gasteiger partial charge on any atom is -0.481 e. The Labute approximate surface area is 115 Å². The molecule has 20 heavy (non-hydrogen) atoms. The van der Waals surface area contributed by atoms with Crippen molar-refractivity contribution < 1.29 is 9.90 Å². The van der Waals surface area contributed by atoms with Crippen molar-refractivity contribution in [1.82, 2.24) is 9.55 Å². The van der Waals surface area contributed by atoms with Gasteiger partial charge < -0.3 is 14.6 Å². The first-order valence-electron chi connectivity index (χ1n) is 6.49. The second kappa shape index (κ2) is 4.63. The lowest BCUT2D eigenvalue weighted by Crippen LogP contribution is -2.50. The zero-order valence-electron chi connectivity index (χ0n) is 11.1. The van der Waals surface area contributed by atoms with Gasteiger partial charge in [0.15, 0.2) is 5.82 Å². The third kappa shape index (κ3) is 2.03. The van der Waals surface area contributed by atoms with Crippen LogP contribution < -0.4 is 10.5 Å². The number of fused-ring (bicyclic) bond motifs is 1. The Balaban J connectivity index is 1.92. The summed E-state index contributed by atoms with van der Waals surface area (Å²) in [5, 5.41) is 8.75. The molecular weight excluding hydrogens is 258 g/mol. The molecular formula is C14H15N3O3. The highest BCUT2D eigenvalue weighted by molar-refractivity contribution is 5.76. The van der Waals surface area contributed by atoms with Crippen LogP contribution in [0, 0.1) is 5.92 Å². The summed E-state index contributed by atoms with van der Waals surface area (Å²) in [5.74, 6) is -0.285. The van der Waals surface area contributed by atoms with E-state index in [4.69, 9.17) is 5.11 Å². The molecule has 3 rings (SSSR count). The van der Waals surface area contributed by atoms with E-state index in [2.05, 4.69) is 4.98 Å². The fourth-order valence-corrected chi connectivity index (χ4v) is 2.59. The predicted molar refractivity (Wildman–Crippen MR) is 74.9 cm³/mol. The van der Waals surface area contributed by atoms with Gasteiger partial charge in [-0.15, -0.1) is 0 Å². The zero-order chi connectivity index (χ0) is 14.3. The molecule has 0 unspecified atom stereocenters. The van der Waals surface area contributed by atoms with E-state index in [1.54, 1.807) is 11.6 Å². The Morgan fingerprint density at radius 3 is 2.80 bits per heavy atom. The van der Waals surface area contributed by atoms with Gasteiger partial charge in [-0.2, -0.15) is 0 Å². The molecule has 104 valence electrons. The molecule has 0 radical (unpaired) electrons. The molecule has 0 bridgehead atoms. The summed E-state index contributed by atoms with van der Waals surface area (Å²) in [5.41, 5.74) is 1.42. The summed E-state index contributed by atoms with van der Waals surface area (Å²) in [4.78, 5) is 29.2. The Bertz CT molecular complexity index is 732. The van der Waals surface area contributed by atoms with Gasteiger partial charge in [0, 0.05) is 26.1 Å². The minimum atomic E-state index is -0.797. The smallest absolute Gasteiger partial charge is 0.303 e. The van der Waals surface area contributed by atoms with Crippen LogP contribution >= 0.6 is 0 Å². The minimum absolute atomic E-state index is 0.102. The molecule has 0 spiro atoms. The summed E-state index contributed by atoms with van der Waals surface area (Å²) in [6, 6.07) is 7.48. The zero-order valence-corrected chi connectivity index (χ0v) is 11.1. The number of nitrogens with zero attached hydrogens (tertiary/aromatic N) is 3. The van der Waals surface area contributed by atoms with E-state index in [1.807, 2.05) is 29.2 Å². The first-order valence-corrected chi connectivity index (χ1v) is 6.49. The summed E-state index contributed by atoms with van der Waals surface area (Å²) in [6.45, 7) is 1.15. The highest BCUT2D eigenvalue weighted by atomic mass is 16.4. The standard InChI is InChI=1S/C14H15N3O3/c1-16-11-5-3-2-4-10(11)15-13(14(16)20)17-7-9(8-17)6-12(18)19/h2-5,9H,6-8H2,1H3,(H,18,19). The summed E-state index contributed by atoms with van der Waals surface area (Å²) in [6.07, 6.45) is 0.143. The van der Waals surface area contributed by atoms with Gasteiger partial charge in [0.25, 0.3) is 5.56 Å². The van der Waals surface area contributed by atoms with Crippen molar-refractivity contribution in [3.05, 3.63) is 34.6 Å². The van der Waals surface area contributed by atoms with Gasteiger partial charge >= 0.3 is 5.97 Å². The fourth-order valence-electron chi connectivity index (χ4n) is 2.59. The molecule has 0 aliphatic carbocycles. The first kappa shape index (κ1) is 12.7. The normalized spacial score (nSPS) is 15.3. The van der Waals surface area contributed by atoms with Gasteiger partial charge in [-0.05, 0) is 12.1 Å². The Kier molecular flexibility index (Phi) is 2.93. The number of carboxylic acid groups (broad SMARTS) is 1. The van der Waals surface area contributed by atoms with E-state index in [1.165, 1.54) is 0 Å². The van der Waals surface area contributed by atoms with Gasteiger partial charge in [0.05, 0.1) is 17.5 Å². The molecule has 1 aromatic carbocycles. The van der Waals surface area contributed by atoms with E-state index >= 15 is 0 Å². The van der Waals surface area contributed by atoms with E-state index in [-0.39, 0.29) is 17.9 Å². The van der Waals surface area contributed by atoms with E-state index < -0.39 is 5.97 Å². The van der Waals surface area contributed by atoms with E-state index in [0.29, 0.717) is 18.9 Å². The second-order valence-electron chi connectivity index (χ2n) is 5.16. The van der Waals surface area contributed by atoms with E-state index in [9.17, 15) is 9.59 Å². The maximum atomic E-state index is 12.3. The van der Waals surface area contributed by atoms with Crippen molar-refractivity contribution >= 4 is 22.8 Å². The third-order valence-corrected chi connectivity index (χ3v) is 3.69. The predicted octanol–water partition coefficient (Wildman–Crippen LogP) is 0.844. The first-order chi connectivity index (χ1) is 9.56. The van der Waals surface area contributed by atoms with Gasteiger partial charge in [-0.1, -0.05) is 12.1 Å². The number of hydrogen-bond acceptors (Lipinski definition) is 4. The molecule has 1 aliphatic rings. The van der Waals surface area contributed by atoms with Crippen molar-refractivity contribution in [1.29, 1.82) is 0 Å². The van der Waals surface area contributed by atoms with E-state index in [0.717, 1.165) is 11.0 Å². The van der Waals surface area contributed by atoms with Crippen LogP contribution in [-0.2, 0) is 11.8 Å². The Morgan fingerprint density at radius 2 is 2.10 bits per heavy atom. The van der Waals surface area contributed by atoms with Crippen LogP contribution in [0.15, 0.2) is 29.1 Å². The van der Waals surface area contributed by atoms with Crippen LogP contribution in [0.5, 0.6) is 0 Å². The van der Waals surface area contributed by atoms with Crippen molar-refractivity contribution in [2.75, 3.05) is 18.0 Å². The number of aliphatic carboxylic acids is 1. The lowest BCUT2D eigenvalue weighted by molar-refractivity contribution is -0.138. The number of aryl methyl sites for hydroxylation is 1. The largest absolute Gasteiger partial charge is 0.481 e. The molecule has 0 amide bonds. The Hall–Kier alpha value is -2.37. The number of benzene rings is 1. The number of para-hydroxylation sites is 2. The van der Waals surface area contributed by atoms with Gasteiger partial charge in [0.2, 0.25) is 0 Å². The SMILES string of the molecule is Cn1c(=O)c(N2CC(CC(=O)O)C2)nc2ccccc21. The number of carboxylic acids is 1. The maximum Gasteiger partial charge on any atom is 0.303 e. The molecule has 0 saturated carbocycles. The highest BCUT2D eigenvalue weighted by Crippen LogP contribution is 2.24. The van der Waals surface area contributed by atoms with Crippen molar-refractivity contribution in [2.45, 2.75) is 6.42 Å². The second-order valence-corrected chi connectivity index (χ2v) is 5.16. The number of carbonyl (C=O) groups is 1. The molecule has 6 nitrogen and oxygen atoms in total. The van der Waals surface area contributed by atoms with Gasteiger partial charge in [0.1, 0.15) is 0 Å². The number of anilines is 1. The number of rotatable bonds is 3. The lowest BCUT2D eigenvalue weighted by Gasteiger charge is -2.39. The average molecular weight is 273 g/mol. The monoisotopic (exact) mass is 273 g/mol. The fraction of sp³-hybridized carbons (Fsp3) is 0.357. The van der Waals surface area contributed by atoms with Crippen LogP contribution in [0.4, 0.5) is 5.82 Å². The molecule has 1 fully saturated rings. The molecule has 0 atom stereocenters. The quantitative estimate of drug-likeness (QED) is 0.897.